The molecule has 15 heavy (non-hydrogen) atoms. The standard InChI is InChI=1S/C11H18N4/c1-2-5-15(8-9-3-4-9)11-13-6-10(12)7-14-11/h6-7,9H,2-5,8,12H2,1H3. The van der Waals surface area contributed by atoms with Gasteiger partial charge < -0.3 is 10.6 Å². The van der Waals surface area contributed by atoms with Crippen molar-refractivity contribution >= 4 is 11.6 Å². The van der Waals surface area contributed by atoms with Crippen LogP contribution >= 0.6 is 0 Å². The van der Waals surface area contributed by atoms with Gasteiger partial charge in [-0.25, -0.2) is 9.97 Å². The van der Waals surface area contributed by atoms with Crippen LogP contribution in [0.5, 0.6) is 0 Å². The van der Waals surface area contributed by atoms with Crippen molar-refractivity contribution in [1.82, 2.24) is 9.97 Å². The van der Waals surface area contributed by atoms with E-state index >= 15 is 0 Å². The third-order valence-corrected chi connectivity index (χ3v) is 2.61. The van der Waals surface area contributed by atoms with Crippen LogP contribution in [0, 0.1) is 5.92 Å². The molecular formula is C11H18N4. The summed E-state index contributed by atoms with van der Waals surface area (Å²) in [5.74, 6) is 1.68. The van der Waals surface area contributed by atoms with Crippen LogP contribution in [-0.2, 0) is 0 Å². The van der Waals surface area contributed by atoms with Gasteiger partial charge in [0.15, 0.2) is 0 Å². The monoisotopic (exact) mass is 206 g/mol. The summed E-state index contributed by atoms with van der Waals surface area (Å²) < 4.78 is 0. The number of hydrogen-bond acceptors (Lipinski definition) is 4. The maximum atomic E-state index is 5.57. The highest BCUT2D eigenvalue weighted by Crippen LogP contribution is 2.30. The highest BCUT2D eigenvalue weighted by atomic mass is 15.2. The summed E-state index contributed by atoms with van der Waals surface area (Å²) in [6, 6.07) is 0. The van der Waals surface area contributed by atoms with E-state index in [-0.39, 0.29) is 0 Å². The molecule has 1 aliphatic carbocycles. The van der Waals surface area contributed by atoms with Crippen molar-refractivity contribution in [2.24, 2.45) is 5.92 Å². The Balaban J connectivity index is 2.04. The maximum Gasteiger partial charge on any atom is 0.225 e. The molecule has 82 valence electrons. The zero-order valence-electron chi connectivity index (χ0n) is 9.19. The smallest absolute Gasteiger partial charge is 0.225 e. The Bertz CT molecular complexity index is 305. The second-order valence-corrected chi connectivity index (χ2v) is 4.21. The van der Waals surface area contributed by atoms with Crippen molar-refractivity contribution in [2.45, 2.75) is 26.2 Å². The van der Waals surface area contributed by atoms with Gasteiger partial charge in [0.05, 0.1) is 18.1 Å². The Morgan fingerprint density at radius 2 is 2.07 bits per heavy atom. The molecule has 1 aliphatic rings. The Labute approximate surface area is 90.5 Å². The normalized spacial score (nSPS) is 15.3. The highest BCUT2D eigenvalue weighted by Gasteiger charge is 2.24. The summed E-state index contributed by atoms with van der Waals surface area (Å²) in [6.07, 6.45) is 7.20. The van der Waals surface area contributed by atoms with Crippen molar-refractivity contribution in [3.8, 4) is 0 Å². The van der Waals surface area contributed by atoms with Gasteiger partial charge in [-0.1, -0.05) is 6.92 Å². The van der Waals surface area contributed by atoms with Crippen molar-refractivity contribution in [3.05, 3.63) is 12.4 Å². The lowest BCUT2D eigenvalue weighted by Gasteiger charge is -2.21. The van der Waals surface area contributed by atoms with Gasteiger partial charge in [0.2, 0.25) is 5.95 Å². The van der Waals surface area contributed by atoms with Gasteiger partial charge in [-0.3, -0.25) is 0 Å². The Kier molecular flexibility index (Phi) is 3.04. The first kappa shape index (κ1) is 10.2. The molecule has 1 aromatic heterocycles. The van der Waals surface area contributed by atoms with Crippen molar-refractivity contribution in [1.29, 1.82) is 0 Å². The fourth-order valence-corrected chi connectivity index (χ4v) is 1.65. The van der Waals surface area contributed by atoms with Crippen LogP contribution in [0.15, 0.2) is 12.4 Å². The van der Waals surface area contributed by atoms with Crippen molar-refractivity contribution in [3.63, 3.8) is 0 Å². The van der Waals surface area contributed by atoms with Crippen LogP contribution in [0.25, 0.3) is 0 Å². The lowest BCUT2D eigenvalue weighted by molar-refractivity contribution is 0.688. The lowest BCUT2D eigenvalue weighted by atomic mass is 10.3. The van der Waals surface area contributed by atoms with Crippen LogP contribution in [0.3, 0.4) is 0 Å². The minimum Gasteiger partial charge on any atom is -0.396 e. The maximum absolute atomic E-state index is 5.57. The van der Waals surface area contributed by atoms with Gasteiger partial charge in [0.1, 0.15) is 0 Å². The molecule has 2 rings (SSSR count). The van der Waals surface area contributed by atoms with Crippen molar-refractivity contribution < 1.29 is 0 Å². The van der Waals surface area contributed by atoms with Crippen molar-refractivity contribution in [2.75, 3.05) is 23.7 Å². The van der Waals surface area contributed by atoms with E-state index in [9.17, 15) is 0 Å². The Morgan fingerprint density at radius 3 is 2.60 bits per heavy atom. The van der Waals surface area contributed by atoms with Gasteiger partial charge in [0.25, 0.3) is 0 Å². The van der Waals surface area contributed by atoms with E-state index in [1.54, 1.807) is 12.4 Å². The molecule has 4 heteroatoms. The van der Waals surface area contributed by atoms with Gasteiger partial charge in [0, 0.05) is 13.1 Å². The molecule has 1 aromatic rings. The summed E-state index contributed by atoms with van der Waals surface area (Å²) >= 11 is 0. The summed E-state index contributed by atoms with van der Waals surface area (Å²) in [7, 11) is 0. The summed E-state index contributed by atoms with van der Waals surface area (Å²) in [5.41, 5.74) is 6.20. The summed E-state index contributed by atoms with van der Waals surface area (Å²) in [4.78, 5) is 10.8. The van der Waals surface area contributed by atoms with Crippen LogP contribution in [0.1, 0.15) is 26.2 Å². The van der Waals surface area contributed by atoms with E-state index in [0.29, 0.717) is 5.69 Å². The average molecular weight is 206 g/mol. The van der Waals surface area contributed by atoms with Gasteiger partial charge in [-0.15, -0.1) is 0 Å². The third-order valence-electron chi connectivity index (χ3n) is 2.61. The first-order chi connectivity index (χ1) is 7.29. The topological polar surface area (TPSA) is 55.0 Å². The molecule has 1 saturated carbocycles. The second-order valence-electron chi connectivity index (χ2n) is 4.21. The first-order valence-corrected chi connectivity index (χ1v) is 5.62. The van der Waals surface area contributed by atoms with Gasteiger partial charge >= 0.3 is 0 Å². The zero-order valence-corrected chi connectivity index (χ0v) is 9.19. The first-order valence-electron chi connectivity index (χ1n) is 5.62. The molecule has 1 heterocycles. The molecule has 1 fully saturated rings. The molecule has 0 atom stereocenters. The van der Waals surface area contributed by atoms with E-state index in [1.165, 1.54) is 12.8 Å². The Morgan fingerprint density at radius 1 is 1.40 bits per heavy atom. The molecule has 0 bridgehead atoms. The van der Waals surface area contributed by atoms with Crippen LogP contribution in [0.2, 0.25) is 0 Å². The number of nitrogens with zero attached hydrogens (tertiary/aromatic N) is 3. The minimum atomic E-state index is 0.627. The number of rotatable bonds is 5. The predicted octanol–water partition coefficient (Wildman–Crippen LogP) is 1.69. The number of anilines is 2. The molecule has 0 aromatic carbocycles. The number of hydrogen-bond donors (Lipinski definition) is 1. The fraction of sp³-hybridized carbons (Fsp3) is 0.636. The number of nitrogen functional groups attached to an aromatic ring is 1. The van der Waals surface area contributed by atoms with Crippen LogP contribution in [-0.4, -0.2) is 23.1 Å². The van der Waals surface area contributed by atoms with Crippen LogP contribution < -0.4 is 10.6 Å². The molecule has 0 spiro atoms. The largest absolute Gasteiger partial charge is 0.396 e. The van der Waals surface area contributed by atoms with E-state index in [1.807, 2.05) is 0 Å². The van der Waals surface area contributed by atoms with E-state index < -0.39 is 0 Å². The fourth-order valence-electron chi connectivity index (χ4n) is 1.65. The molecule has 2 N–H and O–H groups in total. The number of nitrogens with two attached hydrogens (primary N) is 1. The SMILES string of the molecule is CCCN(CC1CC1)c1ncc(N)cn1. The number of aromatic nitrogens is 2. The Hall–Kier alpha value is -1.32. The van der Waals surface area contributed by atoms with Gasteiger partial charge in [-0.2, -0.15) is 0 Å². The molecule has 4 nitrogen and oxygen atoms in total. The lowest BCUT2D eigenvalue weighted by Crippen LogP contribution is -2.28. The third kappa shape index (κ3) is 2.81. The van der Waals surface area contributed by atoms with Crippen LogP contribution in [0.4, 0.5) is 11.6 Å². The zero-order chi connectivity index (χ0) is 10.7. The average Bonchev–Trinajstić information content (AvgIpc) is 3.02. The minimum absolute atomic E-state index is 0.627. The predicted molar refractivity (Wildman–Crippen MR) is 61.7 cm³/mol. The van der Waals surface area contributed by atoms with E-state index in [4.69, 9.17) is 5.73 Å². The summed E-state index contributed by atoms with van der Waals surface area (Å²) in [6.45, 7) is 4.30. The molecule has 0 unspecified atom stereocenters. The highest BCUT2D eigenvalue weighted by molar-refractivity contribution is 5.37. The van der Waals surface area contributed by atoms with E-state index in [0.717, 1.165) is 31.4 Å². The second kappa shape index (κ2) is 4.47. The van der Waals surface area contributed by atoms with Gasteiger partial charge in [-0.05, 0) is 25.2 Å². The molecule has 0 saturated heterocycles. The molecule has 0 radical (unpaired) electrons. The quantitative estimate of drug-likeness (QED) is 0.796. The molecular weight excluding hydrogens is 188 g/mol. The summed E-state index contributed by atoms with van der Waals surface area (Å²) in [5, 5.41) is 0. The molecule has 0 aliphatic heterocycles. The molecule has 0 amide bonds. The van der Waals surface area contributed by atoms with E-state index in [2.05, 4.69) is 21.8 Å².